The second-order valence-electron chi connectivity index (χ2n) is 7.74. The highest BCUT2D eigenvalue weighted by atomic mass is 16.5. The van der Waals surface area contributed by atoms with E-state index in [1.54, 1.807) is 20.4 Å². The smallest absolute Gasteiger partial charge is 0.216 e. The van der Waals surface area contributed by atoms with Gasteiger partial charge in [0.15, 0.2) is 5.96 Å². The van der Waals surface area contributed by atoms with Gasteiger partial charge in [0.25, 0.3) is 0 Å². The first-order valence-corrected chi connectivity index (χ1v) is 10.2. The number of ether oxygens (including phenoxy) is 3. The highest BCUT2D eigenvalue weighted by Gasteiger charge is 2.19. The van der Waals surface area contributed by atoms with Gasteiger partial charge in [-0.15, -0.1) is 0 Å². The number of methoxy groups -OCH3 is 2. The van der Waals surface area contributed by atoms with E-state index >= 15 is 0 Å². The Morgan fingerprint density at radius 3 is 2.30 bits per heavy atom. The number of hydrogen-bond acceptors (Lipinski definition) is 6. The molecule has 0 spiro atoms. The van der Waals surface area contributed by atoms with E-state index in [1.165, 1.54) is 0 Å². The second kappa shape index (κ2) is 11.3. The molecule has 0 aliphatic carbocycles. The molecule has 1 heterocycles. The SMILES string of the molecule is CCNC(=NCc1ncc(C(C)(C)C)o1)NCCCOc1cc(OC)cc(OC)c1. The average Bonchev–Trinajstić information content (AvgIpc) is 3.21. The zero-order chi connectivity index (χ0) is 22.0. The highest BCUT2D eigenvalue weighted by Crippen LogP contribution is 2.27. The van der Waals surface area contributed by atoms with E-state index in [9.17, 15) is 0 Å². The van der Waals surface area contributed by atoms with E-state index in [-0.39, 0.29) is 5.41 Å². The van der Waals surface area contributed by atoms with Crippen molar-refractivity contribution >= 4 is 5.96 Å². The van der Waals surface area contributed by atoms with E-state index in [2.05, 4.69) is 41.4 Å². The van der Waals surface area contributed by atoms with Crippen molar-refractivity contribution in [3.05, 3.63) is 36.0 Å². The predicted octanol–water partition coefficient (Wildman–Crippen LogP) is 3.51. The highest BCUT2D eigenvalue weighted by molar-refractivity contribution is 5.79. The van der Waals surface area contributed by atoms with Gasteiger partial charge < -0.3 is 29.3 Å². The summed E-state index contributed by atoms with van der Waals surface area (Å²) in [6.07, 6.45) is 2.58. The molecule has 0 radical (unpaired) electrons. The van der Waals surface area contributed by atoms with E-state index in [1.807, 2.05) is 25.1 Å². The Bertz CT molecular complexity index is 789. The van der Waals surface area contributed by atoms with E-state index in [0.717, 1.165) is 24.7 Å². The fraction of sp³-hybridized carbons (Fsp3) is 0.545. The van der Waals surface area contributed by atoms with Gasteiger partial charge in [0, 0.05) is 36.7 Å². The summed E-state index contributed by atoms with van der Waals surface area (Å²) < 4.78 is 22.1. The third-order valence-corrected chi connectivity index (χ3v) is 4.22. The maximum Gasteiger partial charge on any atom is 0.216 e. The molecule has 0 bridgehead atoms. The van der Waals surface area contributed by atoms with Crippen LogP contribution in [0.5, 0.6) is 17.2 Å². The van der Waals surface area contributed by atoms with E-state index in [4.69, 9.17) is 18.6 Å². The normalized spacial score (nSPS) is 11.9. The molecule has 30 heavy (non-hydrogen) atoms. The van der Waals surface area contributed by atoms with Gasteiger partial charge in [-0.2, -0.15) is 0 Å². The van der Waals surface area contributed by atoms with E-state index < -0.39 is 0 Å². The lowest BCUT2D eigenvalue weighted by Gasteiger charge is -2.13. The Labute approximate surface area is 179 Å². The Kier molecular flexibility index (Phi) is 8.83. The summed E-state index contributed by atoms with van der Waals surface area (Å²) in [6.45, 7) is 10.7. The van der Waals surface area contributed by atoms with Crippen molar-refractivity contribution in [3.8, 4) is 17.2 Å². The van der Waals surface area contributed by atoms with Crippen LogP contribution in [0.4, 0.5) is 0 Å². The fourth-order valence-electron chi connectivity index (χ4n) is 2.55. The van der Waals surface area contributed by atoms with Crippen molar-refractivity contribution in [2.45, 2.75) is 46.1 Å². The standard InChI is InChI=1S/C22H34N4O4/c1-7-23-21(26-15-20-25-14-19(30-20)22(2,3)4)24-9-8-10-29-18-12-16(27-5)11-17(13-18)28-6/h11-14H,7-10,15H2,1-6H3,(H2,23,24,26). The summed E-state index contributed by atoms with van der Waals surface area (Å²) in [5, 5.41) is 6.52. The number of nitrogens with zero attached hydrogens (tertiary/aromatic N) is 2. The summed E-state index contributed by atoms with van der Waals surface area (Å²) in [7, 11) is 3.23. The Hall–Kier alpha value is -2.90. The lowest BCUT2D eigenvalue weighted by Crippen LogP contribution is -2.38. The minimum Gasteiger partial charge on any atom is -0.496 e. The van der Waals surface area contributed by atoms with Crippen LogP contribution in [0.2, 0.25) is 0 Å². The van der Waals surface area contributed by atoms with Crippen molar-refractivity contribution in [2.24, 2.45) is 4.99 Å². The molecule has 2 N–H and O–H groups in total. The van der Waals surface area contributed by atoms with Gasteiger partial charge in [-0.1, -0.05) is 20.8 Å². The second-order valence-corrected chi connectivity index (χ2v) is 7.74. The van der Waals surface area contributed by atoms with Crippen LogP contribution in [0, 0.1) is 0 Å². The Balaban J connectivity index is 1.80. The third-order valence-electron chi connectivity index (χ3n) is 4.22. The zero-order valence-corrected chi connectivity index (χ0v) is 18.9. The van der Waals surface area contributed by atoms with Crippen LogP contribution in [0.3, 0.4) is 0 Å². The van der Waals surface area contributed by atoms with Gasteiger partial charge in [-0.3, -0.25) is 0 Å². The van der Waals surface area contributed by atoms with Crippen LogP contribution >= 0.6 is 0 Å². The fourth-order valence-corrected chi connectivity index (χ4v) is 2.55. The number of guanidine groups is 1. The number of nitrogens with one attached hydrogen (secondary N) is 2. The molecule has 2 rings (SSSR count). The van der Waals surface area contributed by atoms with Crippen LogP contribution in [-0.4, -0.2) is 44.9 Å². The number of oxazole rings is 1. The molecular weight excluding hydrogens is 384 g/mol. The van der Waals surface area contributed by atoms with Crippen LogP contribution in [0.1, 0.15) is 45.8 Å². The number of hydrogen-bond donors (Lipinski definition) is 2. The van der Waals surface area contributed by atoms with Crippen LogP contribution in [0.15, 0.2) is 33.8 Å². The van der Waals surface area contributed by atoms with Gasteiger partial charge in [0.2, 0.25) is 5.89 Å². The zero-order valence-electron chi connectivity index (χ0n) is 18.9. The summed E-state index contributed by atoms with van der Waals surface area (Å²) in [5.74, 6) is 4.29. The lowest BCUT2D eigenvalue weighted by atomic mass is 9.94. The Morgan fingerprint density at radius 2 is 1.73 bits per heavy atom. The quantitative estimate of drug-likeness (QED) is 0.347. The van der Waals surface area contributed by atoms with Crippen molar-refractivity contribution in [2.75, 3.05) is 33.9 Å². The van der Waals surface area contributed by atoms with Crippen LogP contribution in [0.25, 0.3) is 0 Å². The first-order valence-electron chi connectivity index (χ1n) is 10.2. The van der Waals surface area contributed by atoms with Gasteiger partial charge in [-0.25, -0.2) is 9.98 Å². The molecule has 0 aliphatic rings. The molecule has 166 valence electrons. The number of benzene rings is 1. The molecule has 8 heteroatoms. The summed E-state index contributed by atoms with van der Waals surface area (Å²) >= 11 is 0. The minimum atomic E-state index is -0.0650. The van der Waals surface area contributed by atoms with Crippen molar-refractivity contribution in [3.63, 3.8) is 0 Å². The molecule has 1 aromatic heterocycles. The van der Waals surface area contributed by atoms with Gasteiger partial charge in [-0.05, 0) is 13.3 Å². The molecule has 2 aromatic rings. The van der Waals surface area contributed by atoms with Crippen molar-refractivity contribution in [1.29, 1.82) is 0 Å². The monoisotopic (exact) mass is 418 g/mol. The first kappa shape index (κ1) is 23.4. The average molecular weight is 419 g/mol. The molecular formula is C22H34N4O4. The molecule has 0 saturated heterocycles. The number of aliphatic imine (C=N–C) groups is 1. The van der Waals surface area contributed by atoms with E-state index in [0.29, 0.717) is 42.8 Å². The first-order chi connectivity index (χ1) is 14.4. The van der Waals surface area contributed by atoms with Crippen LogP contribution < -0.4 is 24.8 Å². The van der Waals surface area contributed by atoms with Gasteiger partial charge >= 0.3 is 0 Å². The largest absolute Gasteiger partial charge is 0.496 e. The maximum atomic E-state index is 5.81. The molecule has 8 nitrogen and oxygen atoms in total. The molecule has 0 saturated carbocycles. The summed E-state index contributed by atoms with van der Waals surface area (Å²) in [4.78, 5) is 8.86. The Morgan fingerprint density at radius 1 is 1.07 bits per heavy atom. The minimum absolute atomic E-state index is 0.0650. The van der Waals surface area contributed by atoms with Gasteiger partial charge in [0.1, 0.15) is 29.6 Å². The van der Waals surface area contributed by atoms with Gasteiger partial charge in [0.05, 0.1) is 27.0 Å². The topological polar surface area (TPSA) is 90.1 Å². The molecule has 0 unspecified atom stereocenters. The number of aromatic nitrogens is 1. The summed E-state index contributed by atoms with van der Waals surface area (Å²) in [6, 6.07) is 5.49. The van der Waals surface area contributed by atoms with Crippen molar-refractivity contribution in [1.82, 2.24) is 15.6 Å². The number of rotatable bonds is 10. The van der Waals surface area contributed by atoms with Crippen molar-refractivity contribution < 1.29 is 18.6 Å². The maximum absolute atomic E-state index is 5.81. The third kappa shape index (κ3) is 7.50. The molecule has 1 aromatic carbocycles. The molecule has 0 aliphatic heterocycles. The summed E-state index contributed by atoms with van der Waals surface area (Å²) in [5.41, 5.74) is -0.0650. The lowest BCUT2D eigenvalue weighted by molar-refractivity contribution is 0.305. The predicted molar refractivity (Wildman–Crippen MR) is 118 cm³/mol. The van der Waals surface area contributed by atoms with Crippen LogP contribution in [-0.2, 0) is 12.0 Å². The molecule has 0 atom stereocenters. The molecule has 0 fully saturated rings. The molecule has 0 amide bonds.